The number of nitrogens with one attached hydrogen (secondary N) is 1. The van der Waals surface area contributed by atoms with Crippen LogP contribution in [0.15, 0.2) is 64.3 Å². The van der Waals surface area contributed by atoms with Gasteiger partial charge in [-0.25, -0.2) is 4.39 Å². The number of nitrogens with zero attached hydrogens (tertiary/aromatic N) is 3. The Morgan fingerprint density at radius 2 is 1.86 bits per heavy atom. The van der Waals surface area contributed by atoms with Crippen molar-refractivity contribution in [1.82, 2.24) is 15.5 Å². The largest absolute Gasteiger partial charge is 0.381 e. The Morgan fingerprint density at radius 3 is 2.61 bits per heavy atom. The molecule has 0 saturated carbocycles. The molecule has 0 saturated heterocycles. The molecule has 0 aliphatic carbocycles. The Labute approximate surface area is 160 Å². The van der Waals surface area contributed by atoms with E-state index in [1.807, 2.05) is 37.3 Å². The van der Waals surface area contributed by atoms with Gasteiger partial charge in [0.25, 0.3) is 5.91 Å². The van der Waals surface area contributed by atoms with Crippen molar-refractivity contribution < 1.29 is 18.5 Å². The number of amides is 1. The van der Waals surface area contributed by atoms with Crippen LogP contribution >= 0.6 is 0 Å². The zero-order chi connectivity index (χ0) is 19.5. The zero-order valence-electron chi connectivity index (χ0n) is 15.0. The van der Waals surface area contributed by atoms with E-state index in [2.05, 4.69) is 20.6 Å². The van der Waals surface area contributed by atoms with E-state index < -0.39 is 6.10 Å². The normalized spacial score (nSPS) is 18.4. The number of rotatable bonds is 5. The van der Waals surface area contributed by atoms with Gasteiger partial charge in [-0.05, 0) is 17.7 Å². The van der Waals surface area contributed by atoms with Crippen molar-refractivity contribution in [2.24, 2.45) is 11.1 Å². The van der Waals surface area contributed by atoms with Crippen LogP contribution in [-0.4, -0.2) is 27.9 Å². The Bertz CT molecular complexity index is 1000. The van der Waals surface area contributed by atoms with Gasteiger partial charge in [0.15, 0.2) is 0 Å². The number of benzene rings is 2. The monoisotopic (exact) mass is 380 g/mol. The van der Waals surface area contributed by atoms with Crippen LogP contribution in [0.2, 0.25) is 0 Å². The fraction of sp³-hybridized carbons (Fsp3) is 0.200. The third-order valence-corrected chi connectivity index (χ3v) is 4.46. The average molecular weight is 380 g/mol. The number of carbonyl (C=O) groups is 1. The molecule has 3 aromatic rings. The molecule has 1 aliphatic rings. The van der Waals surface area contributed by atoms with Crippen molar-refractivity contribution in [3.8, 4) is 11.4 Å². The summed E-state index contributed by atoms with van der Waals surface area (Å²) in [4.78, 5) is 22.1. The van der Waals surface area contributed by atoms with Crippen LogP contribution in [0.4, 0.5) is 4.39 Å². The van der Waals surface area contributed by atoms with Gasteiger partial charge in [-0.15, -0.1) is 0 Å². The summed E-state index contributed by atoms with van der Waals surface area (Å²) in [5, 5.41) is 10.6. The maximum Gasteiger partial charge on any atom is 0.265 e. The van der Waals surface area contributed by atoms with Gasteiger partial charge >= 0.3 is 0 Å². The summed E-state index contributed by atoms with van der Waals surface area (Å²) in [5.41, 5.74) is 2.15. The maximum atomic E-state index is 13.1. The minimum absolute atomic E-state index is 0.0805. The molecule has 7 nitrogen and oxygen atoms in total. The fourth-order valence-corrected chi connectivity index (χ4v) is 2.94. The van der Waals surface area contributed by atoms with Gasteiger partial charge in [0, 0.05) is 5.56 Å². The van der Waals surface area contributed by atoms with Gasteiger partial charge in [0.05, 0.1) is 18.2 Å². The van der Waals surface area contributed by atoms with E-state index in [0.717, 1.165) is 5.56 Å². The molecule has 0 fully saturated rings. The van der Waals surface area contributed by atoms with E-state index in [0.29, 0.717) is 17.1 Å². The summed E-state index contributed by atoms with van der Waals surface area (Å²) >= 11 is 0. The highest BCUT2D eigenvalue weighted by Crippen LogP contribution is 2.23. The molecule has 0 bridgehead atoms. The lowest BCUT2D eigenvalue weighted by molar-refractivity contribution is -0.133. The summed E-state index contributed by atoms with van der Waals surface area (Å²) < 4.78 is 18.3. The van der Waals surface area contributed by atoms with Gasteiger partial charge in [-0.2, -0.15) is 4.98 Å². The first-order chi connectivity index (χ1) is 13.6. The molecule has 1 N–H and O–H groups in total. The second kappa shape index (κ2) is 7.59. The van der Waals surface area contributed by atoms with Crippen LogP contribution in [0.1, 0.15) is 18.4 Å². The molecular weight excluding hydrogens is 363 g/mol. The zero-order valence-corrected chi connectivity index (χ0v) is 15.0. The van der Waals surface area contributed by atoms with Crippen LogP contribution in [-0.2, 0) is 16.2 Å². The quantitative estimate of drug-likeness (QED) is 0.735. The topological polar surface area (TPSA) is 89.6 Å². The number of carbonyl (C=O) groups excluding carboxylic acids is 1. The third-order valence-electron chi connectivity index (χ3n) is 4.46. The highest BCUT2D eigenvalue weighted by molar-refractivity contribution is 6.05. The van der Waals surface area contributed by atoms with E-state index in [1.165, 1.54) is 12.1 Å². The first-order valence-corrected chi connectivity index (χ1v) is 8.77. The predicted molar refractivity (Wildman–Crippen MR) is 98.6 cm³/mol. The standard InChI is InChI=1S/C20H17FN4O3/c1-12-17(13-7-9-15(21)10-8-13)24-28-18(12)20(26)22-11-16-23-19(25-27-16)14-5-3-2-4-6-14/h2-10,12,18H,11H2,1H3,(H,22,26)/t12-,18+/m1/s1. The average Bonchev–Trinajstić information content (AvgIpc) is 3.34. The van der Waals surface area contributed by atoms with Crippen molar-refractivity contribution in [2.75, 3.05) is 0 Å². The summed E-state index contributed by atoms with van der Waals surface area (Å²) in [6.07, 6.45) is -0.781. The van der Waals surface area contributed by atoms with Crippen LogP contribution in [0, 0.1) is 11.7 Å². The van der Waals surface area contributed by atoms with Crippen LogP contribution in [0.3, 0.4) is 0 Å². The van der Waals surface area contributed by atoms with Crippen LogP contribution in [0.25, 0.3) is 11.4 Å². The maximum absolute atomic E-state index is 13.1. The van der Waals surface area contributed by atoms with E-state index >= 15 is 0 Å². The molecule has 1 aliphatic heterocycles. The SMILES string of the molecule is C[C@@H]1C(c2ccc(F)cc2)=NO[C@@H]1C(=O)NCc1nc(-c2ccccc2)no1. The van der Waals surface area contributed by atoms with Gasteiger partial charge in [0.1, 0.15) is 5.82 Å². The van der Waals surface area contributed by atoms with Gasteiger partial charge in [0.2, 0.25) is 17.8 Å². The minimum atomic E-state index is -0.781. The molecule has 1 aromatic heterocycles. The molecule has 1 amide bonds. The van der Waals surface area contributed by atoms with Gasteiger partial charge in [-0.1, -0.05) is 59.7 Å². The number of hydrogen-bond acceptors (Lipinski definition) is 6. The highest BCUT2D eigenvalue weighted by Gasteiger charge is 2.36. The lowest BCUT2D eigenvalue weighted by atomic mass is 9.94. The predicted octanol–water partition coefficient (Wildman–Crippen LogP) is 2.93. The Kier molecular flexibility index (Phi) is 4.84. The third kappa shape index (κ3) is 3.62. The van der Waals surface area contributed by atoms with Crippen molar-refractivity contribution in [2.45, 2.75) is 19.6 Å². The summed E-state index contributed by atoms with van der Waals surface area (Å²) in [5.74, 6) is -0.213. The van der Waals surface area contributed by atoms with Gasteiger partial charge < -0.3 is 14.7 Å². The van der Waals surface area contributed by atoms with Crippen molar-refractivity contribution in [3.05, 3.63) is 71.9 Å². The van der Waals surface area contributed by atoms with Crippen molar-refractivity contribution in [1.29, 1.82) is 0 Å². The number of oxime groups is 1. The second-order valence-electron chi connectivity index (χ2n) is 6.39. The fourth-order valence-electron chi connectivity index (χ4n) is 2.94. The second-order valence-corrected chi connectivity index (χ2v) is 6.39. The van der Waals surface area contributed by atoms with Gasteiger partial charge in [-0.3, -0.25) is 4.79 Å². The summed E-state index contributed by atoms with van der Waals surface area (Å²) in [6.45, 7) is 1.91. The number of hydrogen-bond donors (Lipinski definition) is 1. The van der Waals surface area contributed by atoms with Crippen LogP contribution in [0.5, 0.6) is 0 Å². The summed E-state index contributed by atoms with van der Waals surface area (Å²) in [6, 6.07) is 15.3. The van der Waals surface area contributed by atoms with E-state index in [1.54, 1.807) is 12.1 Å². The lowest BCUT2D eigenvalue weighted by Crippen LogP contribution is -2.39. The molecule has 142 valence electrons. The van der Waals surface area contributed by atoms with Crippen molar-refractivity contribution >= 4 is 11.6 Å². The van der Waals surface area contributed by atoms with Crippen LogP contribution < -0.4 is 5.32 Å². The van der Waals surface area contributed by atoms with E-state index in [-0.39, 0.29) is 30.1 Å². The molecule has 0 radical (unpaired) electrons. The molecule has 2 aromatic carbocycles. The molecule has 2 heterocycles. The first kappa shape index (κ1) is 17.8. The van der Waals surface area contributed by atoms with E-state index in [9.17, 15) is 9.18 Å². The Hall–Kier alpha value is -3.55. The molecule has 0 unspecified atom stereocenters. The molecular formula is C20H17FN4O3. The smallest absolute Gasteiger partial charge is 0.265 e. The molecule has 4 rings (SSSR count). The molecule has 2 atom stereocenters. The molecule has 8 heteroatoms. The lowest BCUT2D eigenvalue weighted by Gasteiger charge is -2.13. The Morgan fingerprint density at radius 1 is 1.11 bits per heavy atom. The minimum Gasteiger partial charge on any atom is -0.381 e. The number of aromatic nitrogens is 2. The number of halogens is 1. The van der Waals surface area contributed by atoms with Crippen molar-refractivity contribution in [3.63, 3.8) is 0 Å². The first-order valence-electron chi connectivity index (χ1n) is 8.77. The van der Waals surface area contributed by atoms with E-state index in [4.69, 9.17) is 9.36 Å². The molecule has 28 heavy (non-hydrogen) atoms. The Balaban J connectivity index is 1.36. The summed E-state index contributed by atoms with van der Waals surface area (Å²) in [7, 11) is 0. The highest BCUT2D eigenvalue weighted by atomic mass is 19.1. The molecule has 0 spiro atoms.